The van der Waals surface area contributed by atoms with Gasteiger partial charge < -0.3 is 18.9 Å². The first-order chi connectivity index (χ1) is 28.8. The maximum absolute atomic E-state index is 12.8. The van der Waals surface area contributed by atoms with E-state index < -0.39 is 0 Å². The highest BCUT2D eigenvalue weighted by atomic mass is 16.5. The molecule has 8 heteroatoms. The van der Waals surface area contributed by atoms with E-state index in [0.29, 0.717) is 25.7 Å². The van der Waals surface area contributed by atoms with Crippen molar-refractivity contribution in [1.82, 2.24) is 0 Å². The molecular formula is C52H52O8. The van der Waals surface area contributed by atoms with Crippen LogP contribution in [0.2, 0.25) is 0 Å². The lowest BCUT2D eigenvalue weighted by Crippen LogP contribution is -2.47. The molecular weight excluding hydrogens is 753 g/mol. The fourth-order valence-electron chi connectivity index (χ4n) is 10.7. The highest BCUT2D eigenvalue weighted by Crippen LogP contribution is 2.67. The molecule has 0 amide bonds. The molecule has 0 saturated heterocycles. The summed E-state index contributed by atoms with van der Waals surface area (Å²) in [7, 11) is 0. The van der Waals surface area contributed by atoms with Crippen LogP contribution in [0.3, 0.4) is 0 Å². The van der Waals surface area contributed by atoms with Gasteiger partial charge in [0.2, 0.25) is 0 Å². The second-order valence-corrected chi connectivity index (χ2v) is 18.0. The molecule has 0 saturated carbocycles. The van der Waals surface area contributed by atoms with E-state index in [0.717, 1.165) is 66.9 Å². The van der Waals surface area contributed by atoms with Crippen LogP contribution in [0.25, 0.3) is 0 Å². The van der Waals surface area contributed by atoms with Crippen LogP contribution in [0.5, 0.6) is 0 Å². The third-order valence-electron chi connectivity index (χ3n) is 14.7. The molecule has 0 aromatic carbocycles. The van der Waals surface area contributed by atoms with Crippen LogP contribution in [-0.4, -0.2) is 50.3 Å². The molecule has 0 radical (unpaired) electrons. The highest BCUT2D eigenvalue weighted by Gasteiger charge is 2.57. The first kappa shape index (κ1) is 39.7. The van der Waals surface area contributed by atoms with Crippen molar-refractivity contribution >= 4 is 23.9 Å². The van der Waals surface area contributed by atoms with Gasteiger partial charge in [-0.1, -0.05) is 125 Å². The van der Waals surface area contributed by atoms with Crippen LogP contribution in [0.4, 0.5) is 0 Å². The molecule has 60 heavy (non-hydrogen) atoms. The fourth-order valence-corrected chi connectivity index (χ4v) is 10.7. The minimum absolute atomic E-state index is 0.169. The van der Waals surface area contributed by atoms with E-state index in [-0.39, 0.29) is 97.6 Å². The van der Waals surface area contributed by atoms with Crippen LogP contribution in [0, 0.1) is 21.7 Å². The molecule has 8 nitrogen and oxygen atoms in total. The van der Waals surface area contributed by atoms with Gasteiger partial charge in [-0.2, -0.15) is 0 Å². The zero-order valence-corrected chi connectivity index (χ0v) is 35.0. The van der Waals surface area contributed by atoms with Crippen molar-refractivity contribution in [1.29, 1.82) is 0 Å². The Hall–Kier alpha value is -5.76. The van der Waals surface area contributed by atoms with Gasteiger partial charge >= 0.3 is 23.9 Å². The maximum Gasteiger partial charge on any atom is 0.306 e. The second-order valence-electron chi connectivity index (χ2n) is 18.0. The van der Waals surface area contributed by atoms with E-state index in [9.17, 15) is 19.2 Å². The summed E-state index contributed by atoms with van der Waals surface area (Å²) < 4.78 is 23.0. The largest absolute Gasteiger partial charge is 0.461 e. The molecule has 19 aliphatic rings. The highest BCUT2D eigenvalue weighted by molar-refractivity contribution is 5.74. The maximum atomic E-state index is 12.8. The summed E-state index contributed by atoms with van der Waals surface area (Å²) in [5.41, 5.74) is 11.6. The number of hydrogen-bond donors (Lipinski definition) is 0. The van der Waals surface area contributed by atoms with Crippen molar-refractivity contribution in [2.45, 2.75) is 79.1 Å². The van der Waals surface area contributed by atoms with Gasteiger partial charge in [-0.15, -0.1) is 0 Å². The molecule has 4 atom stereocenters. The lowest BCUT2D eigenvalue weighted by Gasteiger charge is -2.56. The van der Waals surface area contributed by atoms with E-state index >= 15 is 0 Å². The summed E-state index contributed by atoms with van der Waals surface area (Å²) >= 11 is 0. The lowest BCUT2D eigenvalue weighted by molar-refractivity contribution is -0.144. The van der Waals surface area contributed by atoms with Gasteiger partial charge in [-0.3, -0.25) is 19.2 Å². The molecule has 0 N–H and O–H groups in total. The molecule has 308 valence electrons. The summed E-state index contributed by atoms with van der Waals surface area (Å²) in [6.45, 7) is 9.74. The Bertz CT molecular complexity index is 2120. The molecule has 11 heterocycles. The van der Waals surface area contributed by atoms with E-state index in [1.165, 1.54) is 0 Å². The fraction of sp³-hybridized carbons (Fsp3) is 0.385. The first-order valence-corrected chi connectivity index (χ1v) is 21.4. The number of carbonyl (C=O) groups is 4. The number of ether oxygens (including phenoxy) is 4. The Morgan fingerprint density at radius 3 is 0.767 bits per heavy atom. The topological polar surface area (TPSA) is 105 Å². The molecule has 8 aliphatic carbocycles. The van der Waals surface area contributed by atoms with E-state index in [1.807, 2.05) is 0 Å². The first-order valence-electron chi connectivity index (χ1n) is 21.4. The zero-order chi connectivity index (χ0) is 41.9. The van der Waals surface area contributed by atoms with Crippen LogP contribution in [0.1, 0.15) is 79.1 Å². The summed E-state index contributed by atoms with van der Waals surface area (Å²) in [5, 5.41) is 0. The van der Waals surface area contributed by atoms with Crippen LogP contribution in [0.15, 0.2) is 164 Å². The van der Waals surface area contributed by atoms with Gasteiger partial charge in [-0.05, 0) is 92.6 Å². The van der Waals surface area contributed by atoms with Crippen LogP contribution in [-0.2, 0) is 38.1 Å². The van der Waals surface area contributed by atoms with Crippen molar-refractivity contribution < 1.29 is 38.1 Å². The molecule has 19 rings (SSSR count). The van der Waals surface area contributed by atoms with E-state index in [4.69, 9.17) is 18.9 Å². The number of allylic oxidation sites excluding steroid dienone is 20. The van der Waals surface area contributed by atoms with Gasteiger partial charge in [0.15, 0.2) is 0 Å². The minimum Gasteiger partial charge on any atom is -0.461 e. The van der Waals surface area contributed by atoms with Crippen molar-refractivity contribution in [2.24, 2.45) is 21.7 Å². The van der Waals surface area contributed by atoms with Crippen molar-refractivity contribution in [2.75, 3.05) is 26.4 Å². The van der Waals surface area contributed by atoms with Crippen LogP contribution >= 0.6 is 0 Å². The summed E-state index contributed by atoms with van der Waals surface area (Å²) in [4.78, 5) is 51.3. The Kier molecular flexibility index (Phi) is 9.96. The zero-order valence-electron chi connectivity index (χ0n) is 35.0. The number of esters is 4. The van der Waals surface area contributed by atoms with Gasteiger partial charge in [0, 0.05) is 47.3 Å². The van der Waals surface area contributed by atoms with Gasteiger partial charge in [-0.25, -0.2) is 0 Å². The van der Waals surface area contributed by atoms with Crippen molar-refractivity contribution in [3.8, 4) is 0 Å². The monoisotopic (exact) mass is 804 g/mol. The number of rotatable bonds is 0. The van der Waals surface area contributed by atoms with Gasteiger partial charge in [0.25, 0.3) is 0 Å². The number of carbonyl (C=O) groups excluding carboxylic acids is 4. The lowest BCUT2D eigenvalue weighted by atomic mass is 9.46. The average Bonchev–Trinajstić information content (AvgIpc) is 3.22. The average molecular weight is 805 g/mol. The van der Waals surface area contributed by atoms with Crippen molar-refractivity contribution in [3.05, 3.63) is 164 Å². The van der Waals surface area contributed by atoms with Crippen LogP contribution < -0.4 is 0 Å². The molecule has 0 aromatic rings. The summed E-state index contributed by atoms with van der Waals surface area (Å²) in [5.74, 6) is -1.16. The Labute approximate surface area is 352 Å². The SMILES string of the molecule is CC12C3=CC=C4C=C5C=C(C=CC1=CC(=C3)COC(=O)CCCCC(=O)OCC1=CC3=CC=C6C=C(C=C7C=CC(=C1)C3(C)C67C)COC(=O)CCCCC(=O)OC5)C42C. The van der Waals surface area contributed by atoms with E-state index in [2.05, 4.69) is 125 Å². The van der Waals surface area contributed by atoms with Crippen molar-refractivity contribution in [3.63, 3.8) is 0 Å². The third-order valence-corrected chi connectivity index (χ3v) is 14.7. The molecule has 0 fully saturated rings. The molecule has 0 aromatic heterocycles. The number of hydrogen-bond acceptors (Lipinski definition) is 8. The Balaban J connectivity index is 0.915. The summed E-state index contributed by atoms with van der Waals surface area (Å²) in [6, 6.07) is 0. The normalized spacial score (nSPS) is 32.9. The Morgan fingerprint density at radius 2 is 0.550 bits per heavy atom. The van der Waals surface area contributed by atoms with Gasteiger partial charge in [0.1, 0.15) is 26.4 Å². The third kappa shape index (κ3) is 6.41. The molecule has 4 unspecified atom stereocenters. The molecule has 11 aliphatic heterocycles. The summed E-state index contributed by atoms with van der Waals surface area (Å²) in [6.07, 6.45) is 37.2. The van der Waals surface area contributed by atoms with E-state index in [1.54, 1.807) is 0 Å². The predicted molar refractivity (Wildman–Crippen MR) is 228 cm³/mol. The smallest absolute Gasteiger partial charge is 0.306 e. The quantitative estimate of drug-likeness (QED) is 0.176. The Morgan fingerprint density at radius 1 is 0.333 bits per heavy atom. The standard InChI is InChI=1S/C52H52O8/c1-49-37-13-15-39-23-34-24-40(50(39,49)2)16-14-38(49)22-33(21-37)29-57-45(53)9-5-6-11-47(55)59-31-35-25-41-17-19-43-27-36(32-60-48(56)12-8-7-10-46(54)58-30-34)28-44-20-18-42(26-35)51(41,3)52(43,44)4/h13-28H,5-12,29-32H2,1-4H3. The second kappa shape index (κ2) is 15.1. The minimum atomic E-state index is -0.336. The van der Waals surface area contributed by atoms with Gasteiger partial charge in [0.05, 0.1) is 0 Å². The molecule has 0 spiro atoms. The molecule has 16 bridgehead atoms. The predicted octanol–water partition coefficient (Wildman–Crippen LogP) is 9.66.